The third kappa shape index (κ3) is 2.44. The molecule has 0 aromatic heterocycles. The summed E-state index contributed by atoms with van der Waals surface area (Å²) < 4.78 is 0. The van der Waals surface area contributed by atoms with Gasteiger partial charge in [-0.2, -0.15) is 0 Å². The van der Waals surface area contributed by atoms with E-state index >= 15 is 0 Å². The maximum Gasteiger partial charge on any atom is 0.219 e. The molecule has 76 valence electrons. The van der Waals surface area contributed by atoms with Gasteiger partial charge in [0.05, 0.1) is 0 Å². The Morgan fingerprint density at radius 2 is 2.15 bits per heavy atom. The van der Waals surface area contributed by atoms with Gasteiger partial charge in [0.2, 0.25) is 5.91 Å². The molecule has 0 bridgehead atoms. The molecule has 0 aliphatic carbocycles. The Kier molecular flexibility index (Phi) is 3.31. The Morgan fingerprint density at radius 3 is 2.69 bits per heavy atom. The molecular weight excluding hydrogens is 164 g/mol. The number of likely N-dealkylation sites (tertiary alicyclic amines) is 1. The first-order valence-corrected chi connectivity index (χ1v) is 4.94. The van der Waals surface area contributed by atoms with Gasteiger partial charge in [0.25, 0.3) is 0 Å². The van der Waals surface area contributed by atoms with Crippen LogP contribution < -0.4 is 0 Å². The quantitative estimate of drug-likeness (QED) is 0.602. The highest BCUT2D eigenvalue weighted by molar-refractivity contribution is 5.73. The number of piperidine rings is 1. The van der Waals surface area contributed by atoms with Gasteiger partial charge in [0.1, 0.15) is 0 Å². The lowest BCUT2D eigenvalue weighted by Gasteiger charge is -2.39. The minimum absolute atomic E-state index is 0.173. The second-order valence-corrected chi connectivity index (χ2v) is 4.23. The molecule has 2 atom stereocenters. The van der Waals surface area contributed by atoms with Crippen LogP contribution in [0.25, 0.3) is 0 Å². The molecule has 1 rings (SSSR count). The fraction of sp³-hybridized carbons (Fsp3) is 0.900. The van der Waals surface area contributed by atoms with Crippen molar-refractivity contribution >= 4 is 5.91 Å². The number of carbonyl (C=O) groups is 1. The molecule has 3 heteroatoms. The van der Waals surface area contributed by atoms with E-state index in [1.807, 2.05) is 11.9 Å². The molecule has 13 heavy (non-hydrogen) atoms. The van der Waals surface area contributed by atoms with Crippen LogP contribution in [0.2, 0.25) is 0 Å². The molecular formula is C10H20N2O. The van der Waals surface area contributed by atoms with Crippen molar-refractivity contribution in [2.75, 3.05) is 27.2 Å². The van der Waals surface area contributed by atoms with Crippen molar-refractivity contribution in [1.82, 2.24) is 9.80 Å². The Bertz CT molecular complexity index is 193. The number of rotatable bonds is 1. The number of amides is 1. The molecule has 1 aliphatic heterocycles. The first kappa shape index (κ1) is 10.5. The van der Waals surface area contributed by atoms with Gasteiger partial charge in [0, 0.05) is 26.6 Å². The highest BCUT2D eigenvalue weighted by Crippen LogP contribution is 2.20. The maximum atomic E-state index is 11.2. The van der Waals surface area contributed by atoms with Gasteiger partial charge in [-0.3, -0.25) is 4.79 Å². The average molecular weight is 184 g/mol. The zero-order valence-corrected chi connectivity index (χ0v) is 9.08. The molecule has 1 amide bonds. The van der Waals surface area contributed by atoms with E-state index in [-0.39, 0.29) is 5.91 Å². The lowest BCUT2D eigenvalue weighted by atomic mass is 9.93. The van der Waals surface area contributed by atoms with Crippen LogP contribution in [0.3, 0.4) is 0 Å². The lowest BCUT2D eigenvalue weighted by molar-refractivity contribution is -0.131. The van der Waals surface area contributed by atoms with E-state index in [1.165, 1.54) is 6.42 Å². The van der Waals surface area contributed by atoms with Gasteiger partial charge in [-0.15, -0.1) is 0 Å². The molecule has 0 aromatic rings. The number of carbonyl (C=O) groups excluding carboxylic acids is 1. The topological polar surface area (TPSA) is 23.6 Å². The Labute approximate surface area is 80.7 Å². The number of hydrogen-bond acceptors (Lipinski definition) is 2. The van der Waals surface area contributed by atoms with Crippen LogP contribution in [-0.4, -0.2) is 48.9 Å². The van der Waals surface area contributed by atoms with E-state index in [9.17, 15) is 4.79 Å². The fourth-order valence-corrected chi connectivity index (χ4v) is 1.94. The minimum atomic E-state index is 0.173. The molecule has 0 saturated carbocycles. The normalized spacial score (nSPS) is 30.2. The highest BCUT2D eigenvalue weighted by atomic mass is 16.2. The summed E-state index contributed by atoms with van der Waals surface area (Å²) >= 11 is 0. The van der Waals surface area contributed by atoms with Gasteiger partial charge in [-0.05, 0) is 25.9 Å². The third-order valence-electron chi connectivity index (χ3n) is 3.12. The van der Waals surface area contributed by atoms with Crippen LogP contribution in [0.4, 0.5) is 0 Å². The first-order valence-electron chi connectivity index (χ1n) is 4.94. The largest absolute Gasteiger partial charge is 0.341 e. The number of hydrogen-bond donors (Lipinski definition) is 0. The van der Waals surface area contributed by atoms with Crippen LogP contribution in [0.5, 0.6) is 0 Å². The summed E-state index contributed by atoms with van der Waals surface area (Å²) in [5.74, 6) is 0.803. The molecule has 1 heterocycles. The predicted octanol–water partition coefficient (Wildman–Crippen LogP) is 0.805. The zero-order valence-electron chi connectivity index (χ0n) is 9.08. The summed E-state index contributed by atoms with van der Waals surface area (Å²) in [5, 5.41) is 0. The van der Waals surface area contributed by atoms with Crippen LogP contribution in [0.1, 0.15) is 20.3 Å². The Morgan fingerprint density at radius 1 is 1.54 bits per heavy atom. The van der Waals surface area contributed by atoms with E-state index in [1.54, 1.807) is 6.92 Å². The second-order valence-electron chi connectivity index (χ2n) is 4.23. The van der Waals surface area contributed by atoms with Crippen LogP contribution >= 0.6 is 0 Å². The Balaban J connectivity index is 2.60. The monoisotopic (exact) mass is 184 g/mol. The highest BCUT2D eigenvalue weighted by Gasteiger charge is 2.28. The van der Waals surface area contributed by atoms with Crippen molar-refractivity contribution in [1.29, 1.82) is 0 Å². The second kappa shape index (κ2) is 4.09. The van der Waals surface area contributed by atoms with Crippen LogP contribution in [0.15, 0.2) is 0 Å². The smallest absolute Gasteiger partial charge is 0.219 e. The van der Waals surface area contributed by atoms with Crippen molar-refractivity contribution in [2.45, 2.75) is 26.3 Å². The molecule has 0 spiro atoms. The number of nitrogens with zero attached hydrogens (tertiary/aromatic N) is 2. The standard InChI is InChI=1S/C10H20N2O/c1-8-5-6-11(3)7-10(8)12(4)9(2)13/h8,10H,5-7H2,1-4H3. The van der Waals surface area contributed by atoms with Crippen molar-refractivity contribution < 1.29 is 4.79 Å². The third-order valence-corrected chi connectivity index (χ3v) is 3.12. The molecule has 1 saturated heterocycles. The molecule has 0 radical (unpaired) electrons. The summed E-state index contributed by atoms with van der Waals surface area (Å²) in [4.78, 5) is 15.4. The molecule has 3 nitrogen and oxygen atoms in total. The lowest BCUT2D eigenvalue weighted by Crippen LogP contribution is -2.50. The zero-order chi connectivity index (χ0) is 10.0. The van der Waals surface area contributed by atoms with Gasteiger partial charge >= 0.3 is 0 Å². The minimum Gasteiger partial charge on any atom is -0.341 e. The Hall–Kier alpha value is -0.570. The van der Waals surface area contributed by atoms with Gasteiger partial charge in [-0.25, -0.2) is 0 Å². The molecule has 1 fully saturated rings. The van der Waals surface area contributed by atoms with E-state index in [2.05, 4.69) is 18.9 Å². The van der Waals surface area contributed by atoms with Crippen LogP contribution in [-0.2, 0) is 4.79 Å². The first-order chi connectivity index (χ1) is 6.02. The molecule has 0 aromatic carbocycles. The van der Waals surface area contributed by atoms with Crippen molar-refractivity contribution in [3.63, 3.8) is 0 Å². The van der Waals surface area contributed by atoms with E-state index in [0.29, 0.717) is 12.0 Å². The molecule has 1 aliphatic rings. The summed E-state index contributed by atoms with van der Waals surface area (Å²) in [6.45, 7) is 6.04. The summed E-state index contributed by atoms with van der Waals surface area (Å²) in [6.07, 6.45) is 1.19. The molecule has 0 N–H and O–H groups in total. The summed E-state index contributed by atoms with van der Waals surface area (Å²) in [5.41, 5.74) is 0. The van der Waals surface area contributed by atoms with Gasteiger partial charge < -0.3 is 9.80 Å². The summed E-state index contributed by atoms with van der Waals surface area (Å²) in [7, 11) is 4.02. The van der Waals surface area contributed by atoms with E-state index in [0.717, 1.165) is 13.1 Å². The van der Waals surface area contributed by atoms with E-state index < -0.39 is 0 Å². The van der Waals surface area contributed by atoms with Gasteiger partial charge in [-0.1, -0.05) is 6.92 Å². The van der Waals surface area contributed by atoms with E-state index in [4.69, 9.17) is 0 Å². The summed E-state index contributed by atoms with van der Waals surface area (Å²) in [6, 6.07) is 0.399. The van der Waals surface area contributed by atoms with Crippen molar-refractivity contribution in [3.05, 3.63) is 0 Å². The molecule has 2 unspecified atom stereocenters. The number of likely N-dealkylation sites (N-methyl/N-ethyl adjacent to an activating group) is 2. The SMILES string of the molecule is CC(=O)N(C)C1CN(C)CCC1C. The van der Waals surface area contributed by atoms with Crippen molar-refractivity contribution in [3.8, 4) is 0 Å². The van der Waals surface area contributed by atoms with Gasteiger partial charge in [0.15, 0.2) is 0 Å². The average Bonchev–Trinajstić information content (AvgIpc) is 2.08. The fourth-order valence-electron chi connectivity index (χ4n) is 1.94. The predicted molar refractivity (Wildman–Crippen MR) is 53.5 cm³/mol. The van der Waals surface area contributed by atoms with Crippen LogP contribution in [0, 0.1) is 5.92 Å². The maximum absolute atomic E-state index is 11.2. The van der Waals surface area contributed by atoms with Crippen molar-refractivity contribution in [2.24, 2.45) is 5.92 Å².